The number of methoxy groups -OCH3 is 1. The third-order valence-electron chi connectivity index (χ3n) is 2.33. The molecule has 1 N–H and O–H groups in total. The van der Waals surface area contributed by atoms with Gasteiger partial charge in [-0.25, -0.2) is 0 Å². The van der Waals surface area contributed by atoms with Gasteiger partial charge in [-0.2, -0.15) is 0 Å². The summed E-state index contributed by atoms with van der Waals surface area (Å²) in [5.74, 6) is 0. The van der Waals surface area contributed by atoms with E-state index >= 15 is 0 Å². The summed E-state index contributed by atoms with van der Waals surface area (Å²) in [6.45, 7) is 8.90. The van der Waals surface area contributed by atoms with Crippen LogP contribution >= 0.6 is 0 Å². The molecule has 3 heteroatoms. The van der Waals surface area contributed by atoms with E-state index in [1.54, 1.807) is 7.11 Å². The Balaban J connectivity index is 3.61. The quantitative estimate of drug-likeness (QED) is 0.580. The molecular weight excluding hydrogens is 178 g/mol. The Hall–Kier alpha value is -0.120. The topological polar surface area (TPSA) is 30.5 Å². The van der Waals surface area contributed by atoms with Gasteiger partial charge in [-0.05, 0) is 26.3 Å². The Morgan fingerprint density at radius 2 is 1.93 bits per heavy atom. The number of ether oxygens (including phenoxy) is 2. The maximum Gasteiger partial charge on any atom is 0.0704 e. The Labute approximate surface area is 88.2 Å². The van der Waals surface area contributed by atoms with Gasteiger partial charge in [-0.1, -0.05) is 13.8 Å². The summed E-state index contributed by atoms with van der Waals surface area (Å²) in [4.78, 5) is 0. The molecule has 0 saturated carbocycles. The molecule has 0 rings (SSSR count). The first-order valence-corrected chi connectivity index (χ1v) is 5.60. The van der Waals surface area contributed by atoms with Gasteiger partial charge in [0.15, 0.2) is 0 Å². The average Bonchev–Trinajstić information content (AvgIpc) is 2.19. The molecule has 2 atom stereocenters. The minimum Gasteiger partial charge on any atom is -0.382 e. The summed E-state index contributed by atoms with van der Waals surface area (Å²) in [7, 11) is 1.70. The molecular formula is C11H25NO2. The molecule has 0 saturated heterocycles. The molecule has 2 unspecified atom stereocenters. The van der Waals surface area contributed by atoms with Crippen LogP contribution in [0.3, 0.4) is 0 Å². The van der Waals surface area contributed by atoms with Crippen LogP contribution in [0.1, 0.15) is 33.6 Å². The van der Waals surface area contributed by atoms with Crippen molar-refractivity contribution in [2.75, 3.05) is 26.9 Å². The lowest BCUT2D eigenvalue weighted by atomic mass is 10.1. The fourth-order valence-corrected chi connectivity index (χ4v) is 1.41. The van der Waals surface area contributed by atoms with Crippen LogP contribution in [-0.2, 0) is 9.47 Å². The number of nitrogens with one attached hydrogen (secondary N) is 1. The van der Waals surface area contributed by atoms with Gasteiger partial charge in [0.2, 0.25) is 0 Å². The molecule has 0 aromatic carbocycles. The Bertz CT molecular complexity index is 120. The zero-order valence-electron chi connectivity index (χ0n) is 10.0. The molecule has 3 nitrogen and oxygen atoms in total. The predicted octanol–water partition coefficient (Wildman–Crippen LogP) is 1.82. The van der Waals surface area contributed by atoms with Crippen molar-refractivity contribution in [1.82, 2.24) is 5.32 Å². The summed E-state index contributed by atoms with van der Waals surface area (Å²) in [6.07, 6.45) is 2.54. The molecule has 0 heterocycles. The fraction of sp³-hybridized carbons (Fsp3) is 1.00. The van der Waals surface area contributed by atoms with E-state index in [4.69, 9.17) is 9.47 Å². The maximum atomic E-state index is 5.64. The van der Waals surface area contributed by atoms with Crippen LogP contribution in [0.5, 0.6) is 0 Å². The normalized spacial score (nSPS) is 15.4. The van der Waals surface area contributed by atoms with Crippen molar-refractivity contribution in [1.29, 1.82) is 0 Å². The summed E-state index contributed by atoms with van der Waals surface area (Å²) in [5.41, 5.74) is 0. The molecule has 0 radical (unpaired) electrons. The second kappa shape index (κ2) is 9.44. The standard InChI is InChI=1S/C11H25NO2/c1-5-7-12-11(6-2)10(3)14-9-8-13-4/h10-12H,5-9H2,1-4H3. The van der Waals surface area contributed by atoms with Gasteiger partial charge in [0.1, 0.15) is 0 Å². The lowest BCUT2D eigenvalue weighted by molar-refractivity contribution is 0.00715. The van der Waals surface area contributed by atoms with E-state index in [0.29, 0.717) is 19.3 Å². The minimum atomic E-state index is 0.265. The number of rotatable bonds is 9. The van der Waals surface area contributed by atoms with Crippen molar-refractivity contribution in [3.8, 4) is 0 Å². The Morgan fingerprint density at radius 1 is 1.21 bits per heavy atom. The van der Waals surface area contributed by atoms with E-state index in [1.807, 2.05) is 0 Å². The predicted molar refractivity (Wildman–Crippen MR) is 59.7 cm³/mol. The van der Waals surface area contributed by atoms with Crippen LogP contribution in [0.15, 0.2) is 0 Å². The maximum absolute atomic E-state index is 5.64. The van der Waals surface area contributed by atoms with Gasteiger partial charge in [-0.15, -0.1) is 0 Å². The summed E-state index contributed by atoms with van der Waals surface area (Å²) in [5, 5.41) is 3.48. The monoisotopic (exact) mass is 203 g/mol. The Kier molecular flexibility index (Phi) is 9.35. The van der Waals surface area contributed by atoms with Gasteiger partial charge in [0.25, 0.3) is 0 Å². The summed E-state index contributed by atoms with van der Waals surface area (Å²) < 4.78 is 10.6. The minimum absolute atomic E-state index is 0.265. The van der Waals surface area contributed by atoms with Gasteiger partial charge >= 0.3 is 0 Å². The molecule has 0 spiro atoms. The van der Waals surface area contributed by atoms with Crippen molar-refractivity contribution in [3.05, 3.63) is 0 Å². The van der Waals surface area contributed by atoms with E-state index in [9.17, 15) is 0 Å². The zero-order chi connectivity index (χ0) is 10.8. The highest BCUT2D eigenvalue weighted by atomic mass is 16.5. The first-order chi connectivity index (χ1) is 6.76. The molecule has 14 heavy (non-hydrogen) atoms. The number of hydrogen-bond acceptors (Lipinski definition) is 3. The van der Waals surface area contributed by atoms with Gasteiger partial charge in [0.05, 0.1) is 19.3 Å². The molecule has 0 amide bonds. The van der Waals surface area contributed by atoms with Crippen molar-refractivity contribution < 1.29 is 9.47 Å². The molecule has 0 aromatic heterocycles. The van der Waals surface area contributed by atoms with Gasteiger partial charge < -0.3 is 14.8 Å². The van der Waals surface area contributed by atoms with Crippen molar-refractivity contribution in [2.24, 2.45) is 0 Å². The van der Waals surface area contributed by atoms with Crippen molar-refractivity contribution in [2.45, 2.75) is 45.8 Å². The highest BCUT2D eigenvalue weighted by Crippen LogP contribution is 2.03. The second-order valence-corrected chi connectivity index (χ2v) is 3.54. The lowest BCUT2D eigenvalue weighted by Gasteiger charge is -2.24. The zero-order valence-corrected chi connectivity index (χ0v) is 10.0. The molecule has 0 aromatic rings. The Morgan fingerprint density at radius 3 is 2.43 bits per heavy atom. The molecule has 0 aliphatic carbocycles. The first-order valence-electron chi connectivity index (χ1n) is 5.60. The third kappa shape index (κ3) is 6.35. The molecule has 0 aliphatic heterocycles. The van der Waals surface area contributed by atoms with Gasteiger partial charge in [0, 0.05) is 13.2 Å². The summed E-state index contributed by atoms with van der Waals surface area (Å²) in [6, 6.07) is 0.465. The second-order valence-electron chi connectivity index (χ2n) is 3.54. The smallest absolute Gasteiger partial charge is 0.0704 e. The SMILES string of the molecule is CCCNC(CC)C(C)OCCOC. The molecule has 86 valence electrons. The van der Waals surface area contributed by atoms with Crippen LogP contribution in [0.2, 0.25) is 0 Å². The van der Waals surface area contributed by atoms with Gasteiger partial charge in [-0.3, -0.25) is 0 Å². The third-order valence-corrected chi connectivity index (χ3v) is 2.33. The van der Waals surface area contributed by atoms with E-state index < -0.39 is 0 Å². The average molecular weight is 203 g/mol. The molecule has 0 aliphatic rings. The molecule has 0 bridgehead atoms. The summed E-state index contributed by atoms with van der Waals surface area (Å²) >= 11 is 0. The highest BCUT2D eigenvalue weighted by molar-refractivity contribution is 4.71. The fourth-order valence-electron chi connectivity index (χ4n) is 1.41. The van der Waals surface area contributed by atoms with Crippen LogP contribution < -0.4 is 5.32 Å². The van der Waals surface area contributed by atoms with Crippen LogP contribution in [0.4, 0.5) is 0 Å². The number of hydrogen-bond donors (Lipinski definition) is 1. The largest absolute Gasteiger partial charge is 0.382 e. The van der Waals surface area contributed by atoms with E-state index in [0.717, 1.165) is 13.0 Å². The van der Waals surface area contributed by atoms with Crippen molar-refractivity contribution >= 4 is 0 Å². The van der Waals surface area contributed by atoms with Crippen LogP contribution in [0, 0.1) is 0 Å². The van der Waals surface area contributed by atoms with E-state index in [1.165, 1.54) is 6.42 Å². The van der Waals surface area contributed by atoms with Crippen LogP contribution in [0.25, 0.3) is 0 Å². The van der Waals surface area contributed by atoms with E-state index in [-0.39, 0.29) is 6.10 Å². The lowest BCUT2D eigenvalue weighted by Crippen LogP contribution is -2.40. The van der Waals surface area contributed by atoms with Crippen LogP contribution in [-0.4, -0.2) is 39.0 Å². The first kappa shape index (κ1) is 13.9. The highest BCUT2D eigenvalue weighted by Gasteiger charge is 2.14. The molecule has 0 fully saturated rings. The van der Waals surface area contributed by atoms with Crippen molar-refractivity contribution in [3.63, 3.8) is 0 Å². The van der Waals surface area contributed by atoms with E-state index in [2.05, 4.69) is 26.1 Å².